The summed E-state index contributed by atoms with van der Waals surface area (Å²) in [4.78, 5) is 11.3. The molecule has 0 aromatic rings. The minimum absolute atomic E-state index is 0.238. The van der Waals surface area contributed by atoms with Crippen LogP contribution in [0, 0.1) is 5.92 Å². The van der Waals surface area contributed by atoms with Gasteiger partial charge in [0.2, 0.25) is 0 Å². The lowest BCUT2D eigenvalue weighted by atomic mass is 10.0. The highest BCUT2D eigenvalue weighted by atomic mass is 16.6. The number of ether oxygens (including phenoxy) is 1. The van der Waals surface area contributed by atoms with Gasteiger partial charge in [-0.25, -0.2) is 10.2 Å². The van der Waals surface area contributed by atoms with Gasteiger partial charge in [-0.15, -0.1) is 0 Å². The van der Waals surface area contributed by atoms with Crippen molar-refractivity contribution in [2.45, 2.75) is 59.6 Å². The number of hydrogen-bond donors (Lipinski definition) is 2. The van der Waals surface area contributed by atoms with Gasteiger partial charge in [0.1, 0.15) is 5.60 Å². The summed E-state index contributed by atoms with van der Waals surface area (Å²) in [5.74, 6) is 0.514. The molecule has 0 spiro atoms. The van der Waals surface area contributed by atoms with Crippen molar-refractivity contribution in [1.82, 2.24) is 10.9 Å². The zero-order valence-electron chi connectivity index (χ0n) is 10.7. The Morgan fingerprint density at radius 1 is 1.33 bits per heavy atom. The lowest BCUT2D eigenvalue weighted by Crippen LogP contribution is -2.47. The fraction of sp³-hybridized carbons (Fsp3) is 0.909. The summed E-state index contributed by atoms with van der Waals surface area (Å²) >= 11 is 0. The second-order valence-corrected chi connectivity index (χ2v) is 4.95. The highest BCUT2D eigenvalue weighted by Gasteiger charge is 2.17. The zero-order valence-corrected chi connectivity index (χ0v) is 10.7. The molecule has 0 aliphatic heterocycles. The first-order chi connectivity index (χ1) is 6.76. The van der Waals surface area contributed by atoms with Crippen LogP contribution in [0.25, 0.3) is 0 Å². The third-order valence-electron chi connectivity index (χ3n) is 2.30. The molecule has 0 heterocycles. The van der Waals surface area contributed by atoms with Crippen LogP contribution in [-0.2, 0) is 4.74 Å². The maximum Gasteiger partial charge on any atom is 0.422 e. The van der Waals surface area contributed by atoms with Crippen molar-refractivity contribution >= 4 is 6.09 Å². The molecule has 0 saturated heterocycles. The Morgan fingerprint density at radius 2 is 1.87 bits per heavy atom. The Hall–Kier alpha value is -0.770. The summed E-state index contributed by atoms with van der Waals surface area (Å²) in [6.45, 7) is 11.8. The fourth-order valence-corrected chi connectivity index (χ4v) is 0.972. The Kier molecular flexibility index (Phi) is 5.65. The predicted octanol–water partition coefficient (Wildman–Crippen LogP) is 2.45. The molecule has 15 heavy (non-hydrogen) atoms. The third kappa shape index (κ3) is 7.19. The minimum atomic E-state index is -0.453. The summed E-state index contributed by atoms with van der Waals surface area (Å²) < 4.78 is 5.09. The van der Waals surface area contributed by atoms with Gasteiger partial charge in [0.15, 0.2) is 0 Å². The molecule has 2 N–H and O–H groups in total. The smallest absolute Gasteiger partial charge is 0.422 e. The van der Waals surface area contributed by atoms with Crippen molar-refractivity contribution in [1.29, 1.82) is 0 Å². The van der Waals surface area contributed by atoms with Crippen LogP contribution >= 0.6 is 0 Å². The van der Waals surface area contributed by atoms with E-state index in [1.165, 1.54) is 0 Å². The maximum atomic E-state index is 11.3. The van der Waals surface area contributed by atoms with Gasteiger partial charge in [-0.2, -0.15) is 0 Å². The van der Waals surface area contributed by atoms with Crippen LogP contribution in [0.2, 0.25) is 0 Å². The van der Waals surface area contributed by atoms with Gasteiger partial charge in [0.05, 0.1) is 0 Å². The van der Waals surface area contributed by atoms with Crippen LogP contribution in [-0.4, -0.2) is 17.7 Å². The molecule has 2 unspecified atom stereocenters. The van der Waals surface area contributed by atoms with Crippen LogP contribution in [0.1, 0.15) is 48.0 Å². The molecule has 0 bridgehead atoms. The van der Waals surface area contributed by atoms with Crippen molar-refractivity contribution in [3.63, 3.8) is 0 Å². The van der Waals surface area contributed by atoms with Crippen molar-refractivity contribution in [3.05, 3.63) is 0 Å². The quantitative estimate of drug-likeness (QED) is 0.710. The standard InChI is InChI=1S/C11H24N2O2/c1-7-8(2)9(3)12-13-10(14)15-11(4,5)6/h8-9,12H,7H2,1-6H3,(H,13,14). The molecule has 2 atom stereocenters. The van der Waals surface area contributed by atoms with Gasteiger partial charge in [0, 0.05) is 6.04 Å². The molecule has 0 aliphatic rings. The monoisotopic (exact) mass is 216 g/mol. The molecule has 0 fully saturated rings. The van der Waals surface area contributed by atoms with Gasteiger partial charge >= 0.3 is 6.09 Å². The lowest BCUT2D eigenvalue weighted by molar-refractivity contribution is 0.0483. The Bertz CT molecular complexity index is 199. The number of carbonyl (C=O) groups excluding carboxylic acids is 1. The minimum Gasteiger partial charge on any atom is -0.443 e. The third-order valence-corrected chi connectivity index (χ3v) is 2.30. The first-order valence-corrected chi connectivity index (χ1v) is 5.50. The molecule has 0 aromatic heterocycles. The van der Waals surface area contributed by atoms with E-state index >= 15 is 0 Å². The van der Waals surface area contributed by atoms with E-state index in [1.54, 1.807) is 0 Å². The summed E-state index contributed by atoms with van der Waals surface area (Å²) in [6, 6.07) is 0.238. The van der Waals surface area contributed by atoms with Crippen molar-refractivity contribution in [2.24, 2.45) is 5.92 Å². The highest BCUT2D eigenvalue weighted by molar-refractivity contribution is 5.67. The first kappa shape index (κ1) is 14.2. The molecule has 0 aliphatic carbocycles. The number of hydrogen-bond acceptors (Lipinski definition) is 3. The molecular weight excluding hydrogens is 192 g/mol. The van der Waals surface area contributed by atoms with Gasteiger partial charge in [-0.1, -0.05) is 20.3 Å². The molecule has 4 nitrogen and oxygen atoms in total. The van der Waals surface area contributed by atoms with Crippen LogP contribution in [0.4, 0.5) is 4.79 Å². The zero-order chi connectivity index (χ0) is 12.1. The van der Waals surface area contributed by atoms with E-state index in [1.807, 2.05) is 27.7 Å². The SMILES string of the molecule is CCC(C)C(C)NNC(=O)OC(C)(C)C. The van der Waals surface area contributed by atoms with E-state index in [0.717, 1.165) is 6.42 Å². The Balaban J connectivity index is 3.81. The average molecular weight is 216 g/mol. The largest absolute Gasteiger partial charge is 0.443 e. The molecule has 0 radical (unpaired) electrons. The summed E-state index contributed by atoms with van der Waals surface area (Å²) in [7, 11) is 0. The van der Waals surface area contributed by atoms with Gasteiger partial charge in [-0.05, 0) is 33.6 Å². The van der Waals surface area contributed by atoms with E-state index in [2.05, 4.69) is 24.7 Å². The topological polar surface area (TPSA) is 50.4 Å². The normalized spacial score (nSPS) is 15.6. The summed E-state index contributed by atoms with van der Waals surface area (Å²) in [5.41, 5.74) is 5.02. The number of rotatable bonds is 4. The number of nitrogens with one attached hydrogen (secondary N) is 2. The van der Waals surface area contributed by atoms with Crippen molar-refractivity contribution in [2.75, 3.05) is 0 Å². The van der Waals surface area contributed by atoms with Crippen LogP contribution in [0.3, 0.4) is 0 Å². The first-order valence-electron chi connectivity index (χ1n) is 5.50. The van der Waals surface area contributed by atoms with E-state index < -0.39 is 11.7 Å². The van der Waals surface area contributed by atoms with Gasteiger partial charge in [0.25, 0.3) is 0 Å². The summed E-state index contributed by atoms with van der Waals surface area (Å²) in [5, 5.41) is 0. The van der Waals surface area contributed by atoms with Crippen molar-refractivity contribution in [3.8, 4) is 0 Å². The summed E-state index contributed by atoms with van der Waals surface area (Å²) in [6.07, 6.45) is 0.641. The number of hydrazine groups is 1. The molecule has 4 heteroatoms. The van der Waals surface area contributed by atoms with Crippen LogP contribution < -0.4 is 10.9 Å². The number of carbonyl (C=O) groups is 1. The van der Waals surface area contributed by atoms with Crippen molar-refractivity contribution < 1.29 is 9.53 Å². The molecule has 90 valence electrons. The van der Waals surface area contributed by atoms with E-state index in [0.29, 0.717) is 5.92 Å². The average Bonchev–Trinajstić information content (AvgIpc) is 2.10. The van der Waals surface area contributed by atoms with E-state index in [9.17, 15) is 4.79 Å². The molecule has 0 aromatic carbocycles. The molecule has 1 amide bonds. The van der Waals surface area contributed by atoms with Crippen LogP contribution in [0.15, 0.2) is 0 Å². The van der Waals surface area contributed by atoms with E-state index in [-0.39, 0.29) is 6.04 Å². The Labute approximate surface area is 92.7 Å². The second kappa shape index (κ2) is 5.95. The van der Waals surface area contributed by atoms with Crippen LogP contribution in [0.5, 0.6) is 0 Å². The lowest BCUT2D eigenvalue weighted by Gasteiger charge is -2.23. The van der Waals surface area contributed by atoms with E-state index in [4.69, 9.17) is 4.74 Å². The van der Waals surface area contributed by atoms with Gasteiger partial charge in [-0.3, -0.25) is 5.43 Å². The highest BCUT2D eigenvalue weighted by Crippen LogP contribution is 2.07. The van der Waals surface area contributed by atoms with Gasteiger partial charge < -0.3 is 4.74 Å². The predicted molar refractivity (Wildman–Crippen MR) is 61.4 cm³/mol. The molecule has 0 saturated carbocycles. The fourth-order valence-electron chi connectivity index (χ4n) is 0.972. The second-order valence-electron chi connectivity index (χ2n) is 4.95. The molecular formula is C11H24N2O2. The molecule has 0 rings (SSSR count). The maximum absolute atomic E-state index is 11.3. The Morgan fingerprint density at radius 3 is 2.27 bits per heavy atom. The number of amides is 1.